The fraction of sp³-hybridized carbons (Fsp3) is 1.00. The highest BCUT2D eigenvalue weighted by molar-refractivity contribution is 4.85. The van der Waals surface area contributed by atoms with Gasteiger partial charge in [-0.25, -0.2) is 0 Å². The Labute approximate surface area is 282 Å². The van der Waals surface area contributed by atoms with Gasteiger partial charge in [0, 0.05) is 13.2 Å². The van der Waals surface area contributed by atoms with Crippen molar-refractivity contribution in [2.45, 2.75) is 238 Å². The van der Waals surface area contributed by atoms with Gasteiger partial charge in [0.15, 0.2) is 0 Å². The molecule has 0 spiro atoms. The van der Waals surface area contributed by atoms with E-state index in [1.165, 1.54) is 193 Å². The maximum atomic E-state index is 9.76. The molecule has 1 aliphatic heterocycles. The molecule has 1 aliphatic rings. The maximum absolute atomic E-state index is 9.76. The second kappa shape index (κ2) is 35.2. The maximum Gasteiger partial charge on any atom is 0.114 e. The van der Waals surface area contributed by atoms with Gasteiger partial charge in [-0.05, 0) is 12.8 Å². The van der Waals surface area contributed by atoms with Crippen LogP contribution in [-0.4, -0.2) is 49.8 Å². The Bertz CT molecular complexity index is 556. The van der Waals surface area contributed by atoms with E-state index in [9.17, 15) is 5.11 Å². The number of hydrogen-bond donors (Lipinski definition) is 1. The third-order valence-corrected chi connectivity index (χ3v) is 10.0. The summed E-state index contributed by atoms with van der Waals surface area (Å²) >= 11 is 0. The molecule has 0 unspecified atom stereocenters. The van der Waals surface area contributed by atoms with Crippen LogP contribution < -0.4 is 0 Å². The second-order valence-corrected chi connectivity index (χ2v) is 14.4. The normalized spacial score (nSPS) is 18.3. The first kappa shape index (κ1) is 42.9. The molecule has 0 aliphatic carbocycles. The monoisotopic (exact) mass is 639 g/mol. The minimum absolute atomic E-state index is 0.0164. The fourth-order valence-electron chi connectivity index (χ4n) is 6.92. The summed E-state index contributed by atoms with van der Waals surface area (Å²) in [6, 6.07) is 0. The smallest absolute Gasteiger partial charge is 0.114 e. The van der Waals surface area contributed by atoms with E-state index >= 15 is 0 Å². The van der Waals surface area contributed by atoms with Crippen molar-refractivity contribution in [1.82, 2.24) is 0 Å². The van der Waals surface area contributed by atoms with Crippen LogP contribution in [0.1, 0.15) is 219 Å². The topological polar surface area (TPSA) is 47.9 Å². The van der Waals surface area contributed by atoms with Crippen molar-refractivity contribution in [3.8, 4) is 0 Å². The molecule has 1 rings (SSSR count). The number of aliphatic hydroxyl groups is 1. The number of unbranched alkanes of at least 4 members (excludes halogenated alkanes) is 30. The molecule has 0 aromatic rings. The van der Waals surface area contributed by atoms with Crippen molar-refractivity contribution in [1.29, 1.82) is 0 Å². The van der Waals surface area contributed by atoms with E-state index in [2.05, 4.69) is 13.8 Å². The Morgan fingerprint density at radius 2 is 0.711 bits per heavy atom. The highest BCUT2D eigenvalue weighted by atomic mass is 16.6. The first-order valence-corrected chi connectivity index (χ1v) is 20.8. The molecular weight excluding hydrogens is 556 g/mol. The van der Waals surface area contributed by atoms with Gasteiger partial charge in [0.1, 0.15) is 18.3 Å². The summed E-state index contributed by atoms with van der Waals surface area (Å²) in [7, 11) is 0. The molecule has 45 heavy (non-hydrogen) atoms. The second-order valence-electron chi connectivity index (χ2n) is 14.4. The van der Waals surface area contributed by atoms with Crippen molar-refractivity contribution < 1.29 is 19.3 Å². The quantitative estimate of drug-likeness (QED) is 0.0688. The van der Waals surface area contributed by atoms with E-state index in [1.54, 1.807) is 0 Å². The molecule has 270 valence electrons. The summed E-state index contributed by atoms with van der Waals surface area (Å²) in [5, 5.41) is 9.76. The Hall–Kier alpha value is -0.160. The zero-order chi connectivity index (χ0) is 32.3. The van der Waals surface area contributed by atoms with E-state index in [0.29, 0.717) is 6.61 Å². The third kappa shape index (κ3) is 27.5. The summed E-state index contributed by atoms with van der Waals surface area (Å²) in [6.45, 7) is 6.69. The lowest BCUT2D eigenvalue weighted by molar-refractivity contribution is -0.0719. The van der Waals surface area contributed by atoms with Crippen molar-refractivity contribution in [2.75, 3.05) is 26.4 Å². The standard InChI is InChI=1S/C41H82O4/c1-3-5-7-9-11-13-15-17-19-21-23-25-27-29-31-33-35-43-40-38-45-39(37-42)41(40)44-36-34-32-30-28-26-24-22-20-18-16-14-12-10-8-6-4-2/h39-42H,3-38H2,1-2H3/t39-,40+,41+/m1/s1. The lowest BCUT2D eigenvalue weighted by atomic mass is 10.0. The Morgan fingerprint density at radius 1 is 0.422 bits per heavy atom. The van der Waals surface area contributed by atoms with E-state index in [0.717, 1.165) is 26.1 Å². The average Bonchev–Trinajstić information content (AvgIpc) is 3.45. The zero-order valence-electron chi connectivity index (χ0n) is 30.9. The summed E-state index contributed by atoms with van der Waals surface area (Å²) in [6.07, 6.45) is 43.9. The highest BCUT2D eigenvalue weighted by Crippen LogP contribution is 2.22. The average molecular weight is 639 g/mol. The number of ether oxygens (including phenoxy) is 3. The van der Waals surface area contributed by atoms with Crippen LogP contribution in [-0.2, 0) is 14.2 Å². The minimum Gasteiger partial charge on any atom is -0.394 e. The Morgan fingerprint density at radius 3 is 1.02 bits per heavy atom. The molecule has 0 aromatic heterocycles. The fourth-order valence-corrected chi connectivity index (χ4v) is 6.92. The van der Waals surface area contributed by atoms with Crippen LogP contribution in [0.2, 0.25) is 0 Å². The molecule has 0 saturated carbocycles. The van der Waals surface area contributed by atoms with E-state index in [1.807, 2.05) is 0 Å². The van der Waals surface area contributed by atoms with Gasteiger partial charge < -0.3 is 19.3 Å². The lowest BCUT2D eigenvalue weighted by Crippen LogP contribution is -2.37. The molecule has 0 radical (unpaired) electrons. The number of aliphatic hydroxyl groups excluding tert-OH is 1. The Balaban J connectivity index is 1.88. The lowest BCUT2D eigenvalue weighted by Gasteiger charge is -2.22. The largest absolute Gasteiger partial charge is 0.394 e. The van der Waals surface area contributed by atoms with Crippen LogP contribution in [0.5, 0.6) is 0 Å². The molecule has 0 aromatic carbocycles. The van der Waals surface area contributed by atoms with Crippen molar-refractivity contribution >= 4 is 0 Å². The number of hydrogen-bond acceptors (Lipinski definition) is 4. The summed E-state index contributed by atoms with van der Waals surface area (Å²) < 4.78 is 18.2. The minimum atomic E-state index is -0.234. The predicted molar refractivity (Wildman–Crippen MR) is 195 cm³/mol. The van der Waals surface area contributed by atoms with Crippen LogP contribution in [0.25, 0.3) is 0 Å². The number of rotatable bonds is 37. The van der Waals surface area contributed by atoms with Gasteiger partial charge in [0.2, 0.25) is 0 Å². The van der Waals surface area contributed by atoms with Crippen LogP contribution in [0.4, 0.5) is 0 Å². The zero-order valence-corrected chi connectivity index (χ0v) is 30.9. The van der Waals surface area contributed by atoms with E-state index in [-0.39, 0.29) is 24.9 Å². The molecule has 4 nitrogen and oxygen atoms in total. The third-order valence-electron chi connectivity index (χ3n) is 10.0. The molecule has 1 heterocycles. The molecule has 1 N–H and O–H groups in total. The van der Waals surface area contributed by atoms with Gasteiger partial charge in [-0.1, -0.05) is 206 Å². The van der Waals surface area contributed by atoms with Gasteiger partial charge in [-0.2, -0.15) is 0 Å². The summed E-state index contributed by atoms with van der Waals surface area (Å²) in [5.74, 6) is 0. The van der Waals surface area contributed by atoms with E-state index in [4.69, 9.17) is 14.2 Å². The van der Waals surface area contributed by atoms with Gasteiger partial charge in [0.25, 0.3) is 0 Å². The highest BCUT2D eigenvalue weighted by Gasteiger charge is 2.38. The molecule has 1 fully saturated rings. The van der Waals surface area contributed by atoms with Crippen molar-refractivity contribution in [2.24, 2.45) is 0 Å². The molecule has 4 heteroatoms. The van der Waals surface area contributed by atoms with Crippen LogP contribution in [0, 0.1) is 0 Å². The Kier molecular flexibility index (Phi) is 33.5. The summed E-state index contributed by atoms with van der Waals surface area (Å²) in [4.78, 5) is 0. The van der Waals surface area contributed by atoms with Crippen molar-refractivity contribution in [3.05, 3.63) is 0 Å². The van der Waals surface area contributed by atoms with Crippen LogP contribution in [0.15, 0.2) is 0 Å². The van der Waals surface area contributed by atoms with Gasteiger partial charge in [-0.3, -0.25) is 0 Å². The van der Waals surface area contributed by atoms with Crippen molar-refractivity contribution in [3.63, 3.8) is 0 Å². The van der Waals surface area contributed by atoms with Crippen LogP contribution >= 0.6 is 0 Å². The van der Waals surface area contributed by atoms with Crippen LogP contribution in [0.3, 0.4) is 0 Å². The molecule has 3 atom stereocenters. The van der Waals surface area contributed by atoms with E-state index < -0.39 is 0 Å². The summed E-state index contributed by atoms with van der Waals surface area (Å²) in [5.41, 5.74) is 0. The molecular formula is C41H82O4. The molecule has 1 saturated heterocycles. The SMILES string of the molecule is CCCCCCCCCCCCCCCCCCO[C@@H]1[C@@H](OCCCCCCCCCCCCCCCCCC)CO[C@@H]1CO. The first-order valence-electron chi connectivity index (χ1n) is 20.8. The predicted octanol–water partition coefficient (Wildman–Crippen LogP) is 12.7. The molecule has 0 amide bonds. The first-order chi connectivity index (χ1) is 22.3. The van der Waals surface area contributed by atoms with Gasteiger partial charge in [-0.15, -0.1) is 0 Å². The van der Waals surface area contributed by atoms with Gasteiger partial charge in [0.05, 0.1) is 13.2 Å². The van der Waals surface area contributed by atoms with Gasteiger partial charge >= 0.3 is 0 Å². The molecule has 0 bridgehead atoms.